The molecule has 1 heteroatoms. The highest BCUT2D eigenvalue weighted by Crippen LogP contribution is 2.41. The van der Waals surface area contributed by atoms with Crippen molar-refractivity contribution in [2.45, 2.75) is 84.6 Å². The Hall–Kier alpha value is -0.300. The van der Waals surface area contributed by atoms with Gasteiger partial charge in [0, 0.05) is 6.04 Å². The third-order valence-corrected chi connectivity index (χ3v) is 5.51. The van der Waals surface area contributed by atoms with Crippen molar-refractivity contribution in [1.82, 2.24) is 0 Å². The molecular weight excluding hydrogens is 230 g/mol. The third kappa shape index (κ3) is 4.08. The molecule has 2 aliphatic rings. The van der Waals surface area contributed by atoms with E-state index in [2.05, 4.69) is 26.8 Å². The van der Waals surface area contributed by atoms with Crippen LogP contribution in [0.1, 0.15) is 78.6 Å². The maximum absolute atomic E-state index is 6.58. The quantitative estimate of drug-likeness (QED) is 0.693. The normalized spacial score (nSPS) is 31.5. The Kier molecular flexibility index (Phi) is 5.11. The highest BCUT2D eigenvalue weighted by Gasteiger charge is 2.32. The molecule has 0 radical (unpaired) electrons. The summed E-state index contributed by atoms with van der Waals surface area (Å²) in [6.07, 6.45) is 14.6. The molecule has 1 atom stereocenters. The van der Waals surface area contributed by atoms with Crippen LogP contribution in [0.5, 0.6) is 0 Å². The first-order valence-electron chi connectivity index (χ1n) is 8.43. The average Bonchev–Trinajstić information content (AvgIpc) is 2.66. The average molecular weight is 263 g/mol. The van der Waals surface area contributed by atoms with Crippen LogP contribution in [-0.2, 0) is 0 Å². The standard InChI is InChI=1S/C18H33N/c1-18(2,3)16-12-10-15(11-13-16)17(19)14-8-6-4-5-7-9-14/h8,15-17H,4-7,9-13,19H2,1-3H3. The minimum Gasteiger partial charge on any atom is -0.324 e. The Morgan fingerprint density at radius 2 is 1.74 bits per heavy atom. The Labute approximate surface area is 120 Å². The Morgan fingerprint density at radius 3 is 2.37 bits per heavy atom. The zero-order chi connectivity index (χ0) is 13.9. The molecule has 1 saturated carbocycles. The molecule has 0 saturated heterocycles. The summed E-state index contributed by atoms with van der Waals surface area (Å²) in [5, 5.41) is 0. The lowest BCUT2D eigenvalue weighted by Crippen LogP contribution is -2.36. The molecule has 0 aromatic carbocycles. The van der Waals surface area contributed by atoms with Crippen molar-refractivity contribution < 1.29 is 0 Å². The van der Waals surface area contributed by atoms with Crippen molar-refractivity contribution in [3.8, 4) is 0 Å². The summed E-state index contributed by atoms with van der Waals surface area (Å²) in [7, 11) is 0. The predicted octanol–water partition coefficient (Wildman–Crippen LogP) is 5.06. The maximum atomic E-state index is 6.58. The Morgan fingerprint density at radius 1 is 1.05 bits per heavy atom. The van der Waals surface area contributed by atoms with Gasteiger partial charge < -0.3 is 5.73 Å². The first kappa shape index (κ1) is 15.1. The summed E-state index contributed by atoms with van der Waals surface area (Å²) in [5.74, 6) is 1.65. The van der Waals surface area contributed by atoms with Gasteiger partial charge >= 0.3 is 0 Å². The van der Waals surface area contributed by atoms with E-state index in [1.165, 1.54) is 57.8 Å². The van der Waals surface area contributed by atoms with E-state index in [1.807, 2.05) is 0 Å². The van der Waals surface area contributed by atoms with Gasteiger partial charge in [0.2, 0.25) is 0 Å². The lowest BCUT2D eigenvalue weighted by molar-refractivity contribution is 0.143. The van der Waals surface area contributed by atoms with Gasteiger partial charge in [0.05, 0.1) is 0 Å². The largest absolute Gasteiger partial charge is 0.324 e. The van der Waals surface area contributed by atoms with Gasteiger partial charge in [-0.2, -0.15) is 0 Å². The van der Waals surface area contributed by atoms with Gasteiger partial charge in [-0.25, -0.2) is 0 Å². The van der Waals surface area contributed by atoms with E-state index in [0.29, 0.717) is 11.5 Å². The van der Waals surface area contributed by atoms with E-state index in [1.54, 1.807) is 5.57 Å². The fourth-order valence-electron chi connectivity index (χ4n) is 3.99. The summed E-state index contributed by atoms with van der Waals surface area (Å²) < 4.78 is 0. The predicted molar refractivity (Wildman–Crippen MR) is 84.0 cm³/mol. The van der Waals surface area contributed by atoms with Crippen LogP contribution in [0.3, 0.4) is 0 Å². The van der Waals surface area contributed by atoms with Crippen LogP contribution in [0.25, 0.3) is 0 Å². The molecule has 0 heterocycles. The molecule has 2 aliphatic carbocycles. The molecule has 0 aromatic rings. The van der Waals surface area contributed by atoms with Crippen molar-refractivity contribution in [3.63, 3.8) is 0 Å². The second-order valence-corrected chi connectivity index (χ2v) is 7.88. The Bertz CT molecular complexity index is 302. The molecule has 0 aromatic heterocycles. The van der Waals surface area contributed by atoms with Crippen LogP contribution in [0.2, 0.25) is 0 Å². The summed E-state index contributed by atoms with van der Waals surface area (Å²) in [4.78, 5) is 0. The van der Waals surface area contributed by atoms with E-state index < -0.39 is 0 Å². The van der Waals surface area contributed by atoms with Crippen molar-refractivity contribution in [1.29, 1.82) is 0 Å². The van der Waals surface area contributed by atoms with Crippen LogP contribution in [0.15, 0.2) is 11.6 Å². The smallest absolute Gasteiger partial charge is 0.0282 e. The summed E-state index contributed by atoms with van der Waals surface area (Å²) in [6.45, 7) is 7.18. The van der Waals surface area contributed by atoms with Gasteiger partial charge in [-0.1, -0.05) is 38.8 Å². The number of hydrogen-bond donors (Lipinski definition) is 1. The SMILES string of the molecule is CC(C)(C)C1CCC(C(N)C2=CCCCCC2)CC1. The lowest BCUT2D eigenvalue weighted by Gasteiger charge is -2.39. The van der Waals surface area contributed by atoms with E-state index in [9.17, 15) is 0 Å². The number of allylic oxidation sites excluding steroid dienone is 1. The monoisotopic (exact) mass is 263 g/mol. The second-order valence-electron chi connectivity index (χ2n) is 7.88. The molecule has 0 spiro atoms. The molecule has 2 rings (SSSR count). The van der Waals surface area contributed by atoms with Crippen LogP contribution in [-0.4, -0.2) is 6.04 Å². The first-order chi connectivity index (χ1) is 8.98. The van der Waals surface area contributed by atoms with Crippen molar-refractivity contribution in [2.75, 3.05) is 0 Å². The molecule has 0 bridgehead atoms. The van der Waals surface area contributed by atoms with Gasteiger partial charge in [-0.3, -0.25) is 0 Å². The minimum absolute atomic E-state index is 0.360. The van der Waals surface area contributed by atoms with Gasteiger partial charge in [0.15, 0.2) is 0 Å². The fraction of sp³-hybridized carbons (Fsp3) is 0.889. The van der Waals surface area contributed by atoms with Crippen LogP contribution < -0.4 is 5.73 Å². The molecule has 2 N–H and O–H groups in total. The zero-order valence-electron chi connectivity index (χ0n) is 13.3. The molecule has 0 aliphatic heterocycles. The highest BCUT2D eigenvalue weighted by atomic mass is 14.7. The van der Waals surface area contributed by atoms with E-state index in [0.717, 1.165) is 11.8 Å². The van der Waals surface area contributed by atoms with E-state index in [4.69, 9.17) is 5.73 Å². The van der Waals surface area contributed by atoms with Crippen molar-refractivity contribution >= 4 is 0 Å². The summed E-state index contributed by atoms with van der Waals surface area (Å²) in [5.41, 5.74) is 8.64. The van der Waals surface area contributed by atoms with E-state index in [-0.39, 0.29) is 0 Å². The van der Waals surface area contributed by atoms with Gasteiger partial charge in [0.1, 0.15) is 0 Å². The molecule has 110 valence electrons. The van der Waals surface area contributed by atoms with Gasteiger partial charge in [-0.15, -0.1) is 0 Å². The molecular formula is C18H33N. The summed E-state index contributed by atoms with van der Waals surface area (Å²) in [6, 6.07) is 0.360. The fourth-order valence-corrected chi connectivity index (χ4v) is 3.99. The lowest BCUT2D eigenvalue weighted by atomic mass is 9.68. The van der Waals surface area contributed by atoms with E-state index >= 15 is 0 Å². The number of rotatable bonds is 2. The Balaban J connectivity index is 1.88. The second kappa shape index (κ2) is 6.43. The minimum atomic E-state index is 0.360. The number of hydrogen-bond acceptors (Lipinski definition) is 1. The molecule has 0 amide bonds. The van der Waals surface area contributed by atoms with Crippen molar-refractivity contribution in [3.05, 3.63) is 11.6 Å². The van der Waals surface area contributed by atoms with Gasteiger partial charge in [0.25, 0.3) is 0 Å². The molecule has 19 heavy (non-hydrogen) atoms. The molecule has 1 unspecified atom stereocenters. The topological polar surface area (TPSA) is 26.0 Å². The van der Waals surface area contributed by atoms with Crippen LogP contribution in [0, 0.1) is 17.3 Å². The first-order valence-corrected chi connectivity index (χ1v) is 8.43. The zero-order valence-corrected chi connectivity index (χ0v) is 13.3. The number of nitrogens with two attached hydrogens (primary N) is 1. The molecule has 1 nitrogen and oxygen atoms in total. The van der Waals surface area contributed by atoms with Gasteiger partial charge in [-0.05, 0) is 68.6 Å². The molecule has 1 fully saturated rings. The maximum Gasteiger partial charge on any atom is 0.0282 e. The van der Waals surface area contributed by atoms with Crippen LogP contribution >= 0.6 is 0 Å². The summed E-state index contributed by atoms with van der Waals surface area (Å²) >= 11 is 0. The third-order valence-electron chi connectivity index (χ3n) is 5.51. The van der Waals surface area contributed by atoms with Crippen molar-refractivity contribution in [2.24, 2.45) is 23.0 Å². The van der Waals surface area contributed by atoms with Crippen LogP contribution in [0.4, 0.5) is 0 Å². The highest BCUT2D eigenvalue weighted by molar-refractivity contribution is 5.13.